The fourth-order valence-electron chi connectivity index (χ4n) is 2.97. The van der Waals surface area contributed by atoms with E-state index in [4.69, 9.17) is 0 Å². The highest BCUT2D eigenvalue weighted by atomic mass is 79.9. The number of rotatable bonds is 4. The Kier molecular flexibility index (Phi) is 4.58. The van der Waals surface area contributed by atoms with Gasteiger partial charge >= 0.3 is 16.8 Å². The Labute approximate surface area is 153 Å². The van der Waals surface area contributed by atoms with Crippen LogP contribution in [0.15, 0.2) is 38.6 Å². The van der Waals surface area contributed by atoms with E-state index >= 15 is 0 Å². The number of hydrogen-bond donors (Lipinski definition) is 3. The normalized spacial score (nSPS) is 22.8. The van der Waals surface area contributed by atoms with Gasteiger partial charge in [0.15, 0.2) is 0 Å². The maximum atomic E-state index is 12.1. The number of thiazole rings is 1. The first kappa shape index (κ1) is 17.2. The molecule has 1 aromatic heterocycles. The fraction of sp³-hybridized carbons (Fsp3) is 0.267. The first-order valence-electron chi connectivity index (χ1n) is 6.90. The number of fused-ring (bicyclic) bond motifs is 1. The third kappa shape index (κ3) is 2.91. The molecule has 0 aliphatic carbocycles. The number of carbonyl (C=O) groups is 2. The summed E-state index contributed by atoms with van der Waals surface area (Å²) in [5.74, 6) is -2.96. The summed E-state index contributed by atoms with van der Waals surface area (Å²) in [5, 5.41) is 19.8. The summed E-state index contributed by atoms with van der Waals surface area (Å²) < 4.78 is 0.832. The minimum atomic E-state index is -1.51. The third-order valence-corrected chi connectivity index (χ3v) is 6.90. The number of carboxylic acids is 2. The van der Waals surface area contributed by atoms with E-state index in [0.717, 1.165) is 15.8 Å². The molecule has 0 bridgehead atoms. The molecule has 0 fully saturated rings. The van der Waals surface area contributed by atoms with Crippen molar-refractivity contribution in [3.05, 3.63) is 48.8 Å². The first-order valence-corrected chi connectivity index (χ1v) is 9.49. The number of thioether (sulfide) groups is 1. The van der Waals surface area contributed by atoms with Gasteiger partial charge in [0.2, 0.25) is 0 Å². The second kappa shape index (κ2) is 6.38. The molecule has 9 heteroatoms. The van der Waals surface area contributed by atoms with Crippen molar-refractivity contribution in [1.82, 2.24) is 4.98 Å². The molecule has 0 amide bonds. The second-order valence-electron chi connectivity index (χ2n) is 5.51. The summed E-state index contributed by atoms with van der Waals surface area (Å²) in [7, 11) is 0. The van der Waals surface area contributed by atoms with Gasteiger partial charge in [-0.3, -0.25) is 14.4 Å². The van der Waals surface area contributed by atoms with E-state index in [9.17, 15) is 24.6 Å². The topological polar surface area (TPSA) is 107 Å². The van der Waals surface area contributed by atoms with Gasteiger partial charge in [-0.15, -0.1) is 11.8 Å². The van der Waals surface area contributed by atoms with Crippen molar-refractivity contribution in [2.75, 3.05) is 5.75 Å². The van der Waals surface area contributed by atoms with Crippen LogP contribution >= 0.6 is 39.0 Å². The van der Waals surface area contributed by atoms with Crippen LogP contribution < -0.4 is 4.87 Å². The molecule has 2 heterocycles. The van der Waals surface area contributed by atoms with Crippen molar-refractivity contribution in [1.29, 1.82) is 0 Å². The van der Waals surface area contributed by atoms with Crippen molar-refractivity contribution >= 4 is 51.0 Å². The van der Waals surface area contributed by atoms with Gasteiger partial charge in [0.1, 0.15) is 0 Å². The number of aromatic amines is 1. The smallest absolute Gasteiger partial charge is 0.312 e. The molecule has 2 atom stereocenters. The van der Waals surface area contributed by atoms with E-state index in [1.165, 1.54) is 11.8 Å². The number of carboxylic acid groups (broad SMARTS) is 2. The highest BCUT2D eigenvalue weighted by Gasteiger charge is 2.53. The first-order chi connectivity index (χ1) is 11.3. The van der Waals surface area contributed by atoms with Gasteiger partial charge in [0, 0.05) is 21.0 Å². The average molecular weight is 430 g/mol. The molecule has 1 aliphatic heterocycles. The molecule has 0 saturated carbocycles. The number of benzene rings is 1. The quantitative estimate of drug-likeness (QED) is 0.689. The number of hydrogen-bond acceptors (Lipinski definition) is 5. The van der Waals surface area contributed by atoms with E-state index in [0.29, 0.717) is 15.5 Å². The van der Waals surface area contributed by atoms with Crippen LogP contribution in [0.1, 0.15) is 22.8 Å². The van der Waals surface area contributed by atoms with Crippen LogP contribution in [-0.2, 0) is 9.59 Å². The van der Waals surface area contributed by atoms with Crippen LogP contribution in [-0.4, -0.2) is 32.9 Å². The van der Waals surface area contributed by atoms with Crippen LogP contribution in [0.2, 0.25) is 0 Å². The lowest BCUT2D eigenvalue weighted by Gasteiger charge is -2.39. The molecule has 1 aliphatic rings. The molecular formula is C15H12BrNO5S2. The van der Waals surface area contributed by atoms with Crippen LogP contribution in [0, 0.1) is 5.41 Å². The summed E-state index contributed by atoms with van der Waals surface area (Å²) in [5.41, 5.74) is -0.832. The minimum Gasteiger partial charge on any atom is -0.481 e. The standard InChI is InChI=1S/C15H12BrNO5S2/c16-8-3-1-7(2-4-8)10-11-12(17-14(22)24-11)23-6-15(10,13(20)21)5-9(18)19/h1-4,10H,5-6H2,(H,17,22)(H,18,19)(H,20,21)/t10-,15+/m0/s1. The Morgan fingerprint density at radius 2 is 1.96 bits per heavy atom. The van der Waals surface area contributed by atoms with Crippen molar-refractivity contribution in [2.45, 2.75) is 17.4 Å². The maximum absolute atomic E-state index is 12.1. The zero-order chi connectivity index (χ0) is 17.5. The molecule has 0 spiro atoms. The van der Waals surface area contributed by atoms with E-state index in [2.05, 4.69) is 20.9 Å². The molecule has 0 radical (unpaired) electrons. The maximum Gasteiger partial charge on any atom is 0.312 e. The van der Waals surface area contributed by atoms with Crippen molar-refractivity contribution in [3.8, 4) is 0 Å². The molecule has 3 N–H and O–H groups in total. The zero-order valence-electron chi connectivity index (χ0n) is 12.1. The van der Waals surface area contributed by atoms with Gasteiger partial charge < -0.3 is 15.2 Å². The van der Waals surface area contributed by atoms with Crippen LogP contribution in [0.25, 0.3) is 0 Å². The lowest BCUT2D eigenvalue weighted by atomic mass is 9.70. The van der Waals surface area contributed by atoms with Crippen LogP contribution in [0.4, 0.5) is 0 Å². The summed E-state index contributed by atoms with van der Waals surface area (Å²) in [6.45, 7) is 0. The molecule has 3 rings (SSSR count). The number of aliphatic carboxylic acids is 2. The molecule has 126 valence electrons. The minimum absolute atomic E-state index is 0.0784. The van der Waals surface area contributed by atoms with Gasteiger partial charge in [-0.2, -0.15) is 0 Å². The highest BCUT2D eigenvalue weighted by molar-refractivity contribution is 9.10. The number of halogens is 1. The fourth-order valence-corrected chi connectivity index (χ4v) is 5.79. The van der Waals surface area contributed by atoms with Gasteiger partial charge in [0.25, 0.3) is 0 Å². The number of aromatic nitrogens is 1. The molecular weight excluding hydrogens is 418 g/mol. The Morgan fingerprint density at radius 3 is 2.54 bits per heavy atom. The van der Waals surface area contributed by atoms with Gasteiger partial charge in [-0.1, -0.05) is 39.4 Å². The molecule has 0 saturated heterocycles. The van der Waals surface area contributed by atoms with Crippen molar-refractivity contribution in [2.24, 2.45) is 5.41 Å². The van der Waals surface area contributed by atoms with E-state index in [1.807, 2.05) is 0 Å². The Balaban J connectivity index is 2.24. The highest BCUT2D eigenvalue weighted by Crippen LogP contribution is 2.54. The molecule has 0 unspecified atom stereocenters. The molecule has 2 aromatic rings. The number of nitrogens with one attached hydrogen (secondary N) is 1. The predicted molar refractivity (Wildman–Crippen MR) is 94.0 cm³/mol. The number of H-pyrrole nitrogens is 1. The monoisotopic (exact) mass is 429 g/mol. The predicted octanol–water partition coefficient (Wildman–Crippen LogP) is 2.98. The van der Waals surface area contributed by atoms with E-state index in [1.54, 1.807) is 24.3 Å². The third-order valence-electron chi connectivity index (χ3n) is 4.03. The summed E-state index contributed by atoms with van der Waals surface area (Å²) >= 11 is 5.47. The SMILES string of the molecule is O=C(O)C[C@@]1(C(=O)O)CSc2[nH]c(=O)sc2[C@@H]1c1ccc(Br)cc1. The largest absolute Gasteiger partial charge is 0.481 e. The van der Waals surface area contributed by atoms with Gasteiger partial charge in [-0.25, -0.2) is 0 Å². The average Bonchev–Trinajstić information content (AvgIpc) is 2.87. The molecule has 6 nitrogen and oxygen atoms in total. The zero-order valence-corrected chi connectivity index (χ0v) is 15.3. The Morgan fingerprint density at radius 1 is 1.29 bits per heavy atom. The van der Waals surface area contributed by atoms with Crippen LogP contribution in [0.5, 0.6) is 0 Å². The van der Waals surface area contributed by atoms with E-state index < -0.39 is 29.7 Å². The summed E-state index contributed by atoms with van der Waals surface area (Å²) in [4.78, 5) is 38.3. The molecule has 24 heavy (non-hydrogen) atoms. The van der Waals surface area contributed by atoms with Gasteiger partial charge in [0.05, 0.1) is 16.9 Å². The van der Waals surface area contributed by atoms with Gasteiger partial charge in [-0.05, 0) is 17.7 Å². The van der Waals surface area contributed by atoms with Crippen LogP contribution in [0.3, 0.4) is 0 Å². The second-order valence-corrected chi connectivity index (χ2v) is 8.43. The summed E-state index contributed by atoms with van der Waals surface area (Å²) in [6, 6.07) is 7.08. The lowest BCUT2D eigenvalue weighted by Crippen LogP contribution is -2.43. The Hall–Kier alpha value is -1.58. The van der Waals surface area contributed by atoms with Crippen molar-refractivity contribution in [3.63, 3.8) is 0 Å². The Bertz CT molecular complexity index is 859. The van der Waals surface area contributed by atoms with Crippen molar-refractivity contribution < 1.29 is 19.8 Å². The molecule has 1 aromatic carbocycles. The lowest BCUT2D eigenvalue weighted by molar-refractivity contribution is -0.155. The van der Waals surface area contributed by atoms with E-state index in [-0.39, 0.29) is 10.6 Å². The summed E-state index contributed by atoms with van der Waals surface area (Å²) in [6.07, 6.45) is -0.512.